The fourth-order valence-electron chi connectivity index (χ4n) is 1.56. The average molecular weight is 249 g/mol. The SMILES string of the molecule is CC(O)(C=O)Cn1nncc1-c1ccc(F)cc1. The Morgan fingerprint density at radius 2 is 2.11 bits per heavy atom. The molecule has 5 nitrogen and oxygen atoms in total. The summed E-state index contributed by atoms with van der Waals surface area (Å²) in [5.41, 5.74) is -0.192. The second-order valence-electron chi connectivity index (χ2n) is 4.26. The Bertz CT molecular complexity index is 549. The van der Waals surface area contributed by atoms with Crippen molar-refractivity contribution in [2.75, 3.05) is 0 Å². The van der Waals surface area contributed by atoms with Gasteiger partial charge in [0.2, 0.25) is 0 Å². The normalized spacial score (nSPS) is 14.2. The molecule has 1 aromatic heterocycles. The summed E-state index contributed by atoms with van der Waals surface area (Å²) in [4.78, 5) is 10.7. The van der Waals surface area contributed by atoms with E-state index >= 15 is 0 Å². The van der Waals surface area contributed by atoms with Gasteiger partial charge >= 0.3 is 0 Å². The molecular formula is C12H12FN3O2. The Morgan fingerprint density at radius 1 is 1.44 bits per heavy atom. The second kappa shape index (κ2) is 4.66. The molecular weight excluding hydrogens is 237 g/mol. The summed E-state index contributed by atoms with van der Waals surface area (Å²) in [6.07, 6.45) is 1.94. The predicted octanol–water partition coefficient (Wildman–Crippen LogP) is 1.03. The molecule has 2 aromatic rings. The zero-order valence-corrected chi connectivity index (χ0v) is 9.75. The number of hydrogen-bond donors (Lipinski definition) is 1. The van der Waals surface area contributed by atoms with Crippen molar-refractivity contribution >= 4 is 6.29 Å². The second-order valence-corrected chi connectivity index (χ2v) is 4.26. The maximum atomic E-state index is 12.8. The third-order valence-electron chi connectivity index (χ3n) is 2.48. The van der Waals surface area contributed by atoms with Crippen molar-refractivity contribution in [3.8, 4) is 11.3 Å². The van der Waals surface area contributed by atoms with Crippen molar-refractivity contribution in [3.63, 3.8) is 0 Å². The van der Waals surface area contributed by atoms with E-state index in [9.17, 15) is 14.3 Å². The Kier molecular flexibility index (Phi) is 3.20. The maximum absolute atomic E-state index is 12.8. The van der Waals surface area contributed by atoms with Gasteiger partial charge in [0.25, 0.3) is 0 Å². The highest BCUT2D eigenvalue weighted by atomic mass is 19.1. The first-order valence-corrected chi connectivity index (χ1v) is 5.35. The Labute approximate surface area is 103 Å². The average Bonchev–Trinajstić information content (AvgIpc) is 2.77. The van der Waals surface area contributed by atoms with Crippen LogP contribution in [0.5, 0.6) is 0 Å². The molecule has 0 saturated heterocycles. The van der Waals surface area contributed by atoms with Gasteiger partial charge in [-0.1, -0.05) is 5.21 Å². The molecule has 94 valence electrons. The largest absolute Gasteiger partial charge is 0.381 e. The summed E-state index contributed by atoms with van der Waals surface area (Å²) in [5, 5.41) is 17.2. The van der Waals surface area contributed by atoms with E-state index < -0.39 is 5.60 Å². The van der Waals surface area contributed by atoms with Crippen LogP contribution in [0.1, 0.15) is 6.92 Å². The lowest BCUT2D eigenvalue weighted by molar-refractivity contribution is -0.123. The molecule has 2 rings (SSSR count). The van der Waals surface area contributed by atoms with Gasteiger partial charge in [-0.2, -0.15) is 0 Å². The first kappa shape index (κ1) is 12.4. The molecule has 0 aliphatic rings. The summed E-state index contributed by atoms with van der Waals surface area (Å²) in [5.74, 6) is -0.335. The van der Waals surface area contributed by atoms with E-state index in [1.807, 2.05) is 0 Å². The monoisotopic (exact) mass is 249 g/mol. The van der Waals surface area contributed by atoms with Gasteiger partial charge in [0.1, 0.15) is 11.4 Å². The third-order valence-corrected chi connectivity index (χ3v) is 2.48. The van der Waals surface area contributed by atoms with Crippen LogP contribution >= 0.6 is 0 Å². The molecule has 0 aliphatic heterocycles. The fourth-order valence-corrected chi connectivity index (χ4v) is 1.56. The summed E-state index contributed by atoms with van der Waals surface area (Å²) in [6.45, 7) is 1.37. The molecule has 0 aliphatic carbocycles. The number of carbonyl (C=O) groups excluding carboxylic acids is 1. The molecule has 1 aromatic carbocycles. The number of benzene rings is 1. The minimum atomic E-state index is -1.51. The Balaban J connectivity index is 2.33. The molecule has 0 bridgehead atoms. The number of nitrogens with zero attached hydrogens (tertiary/aromatic N) is 3. The van der Waals surface area contributed by atoms with E-state index in [0.717, 1.165) is 0 Å². The molecule has 1 atom stereocenters. The standard InChI is InChI=1S/C12H12FN3O2/c1-12(18,8-17)7-16-11(6-14-15-16)9-2-4-10(13)5-3-9/h2-6,8,18H,7H2,1H3. The van der Waals surface area contributed by atoms with Crippen LogP contribution in [0.3, 0.4) is 0 Å². The number of hydrogen-bond acceptors (Lipinski definition) is 4. The maximum Gasteiger partial charge on any atom is 0.153 e. The van der Waals surface area contributed by atoms with Gasteiger partial charge in [0, 0.05) is 5.56 Å². The van der Waals surface area contributed by atoms with Gasteiger partial charge in [-0.3, -0.25) is 0 Å². The summed E-state index contributed by atoms with van der Waals surface area (Å²) in [6, 6.07) is 5.81. The first-order chi connectivity index (χ1) is 8.52. The summed E-state index contributed by atoms with van der Waals surface area (Å²) in [7, 11) is 0. The molecule has 0 radical (unpaired) electrons. The van der Waals surface area contributed by atoms with E-state index in [-0.39, 0.29) is 12.4 Å². The summed E-state index contributed by atoms with van der Waals surface area (Å²) >= 11 is 0. The van der Waals surface area contributed by atoms with Crippen molar-refractivity contribution < 1.29 is 14.3 Å². The minimum absolute atomic E-state index is 0.0107. The molecule has 1 N–H and O–H groups in total. The molecule has 0 saturated carbocycles. The number of rotatable bonds is 4. The number of aldehydes is 1. The van der Waals surface area contributed by atoms with Crippen molar-refractivity contribution in [2.45, 2.75) is 19.1 Å². The van der Waals surface area contributed by atoms with Crippen LogP contribution in [0.25, 0.3) is 11.3 Å². The molecule has 0 spiro atoms. The third kappa shape index (κ3) is 2.60. The Morgan fingerprint density at radius 3 is 2.72 bits per heavy atom. The van der Waals surface area contributed by atoms with E-state index in [1.165, 1.54) is 29.9 Å². The van der Waals surface area contributed by atoms with E-state index in [0.29, 0.717) is 17.5 Å². The molecule has 6 heteroatoms. The van der Waals surface area contributed by atoms with Gasteiger partial charge in [-0.25, -0.2) is 9.07 Å². The lowest BCUT2D eigenvalue weighted by atomic mass is 10.1. The number of aliphatic hydroxyl groups is 1. The van der Waals surface area contributed by atoms with E-state index in [1.54, 1.807) is 12.1 Å². The van der Waals surface area contributed by atoms with Gasteiger partial charge in [-0.15, -0.1) is 5.10 Å². The van der Waals surface area contributed by atoms with Gasteiger partial charge < -0.3 is 9.90 Å². The number of carbonyl (C=O) groups is 1. The lowest BCUT2D eigenvalue weighted by Crippen LogP contribution is -2.32. The number of halogens is 1. The van der Waals surface area contributed by atoms with Crippen molar-refractivity contribution in [3.05, 3.63) is 36.3 Å². The van der Waals surface area contributed by atoms with Crippen molar-refractivity contribution in [2.24, 2.45) is 0 Å². The highest BCUT2D eigenvalue weighted by Crippen LogP contribution is 2.19. The zero-order valence-electron chi connectivity index (χ0n) is 9.75. The predicted molar refractivity (Wildman–Crippen MR) is 62.1 cm³/mol. The molecule has 0 fully saturated rings. The van der Waals surface area contributed by atoms with Crippen LogP contribution in [-0.4, -0.2) is 32.0 Å². The quantitative estimate of drug-likeness (QED) is 0.822. The van der Waals surface area contributed by atoms with Gasteiger partial charge in [-0.05, 0) is 31.2 Å². The zero-order chi connectivity index (χ0) is 13.2. The van der Waals surface area contributed by atoms with Crippen LogP contribution in [0, 0.1) is 5.82 Å². The van der Waals surface area contributed by atoms with Crippen LogP contribution in [0.2, 0.25) is 0 Å². The molecule has 18 heavy (non-hydrogen) atoms. The van der Waals surface area contributed by atoms with Crippen LogP contribution in [0.15, 0.2) is 30.5 Å². The molecule has 1 heterocycles. The number of aromatic nitrogens is 3. The van der Waals surface area contributed by atoms with E-state index in [2.05, 4.69) is 10.3 Å². The lowest BCUT2D eigenvalue weighted by Gasteiger charge is -2.16. The van der Waals surface area contributed by atoms with Crippen LogP contribution < -0.4 is 0 Å². The fraction of sp³-hybridized carbons (Fsp3) is 0.250. The smallest absolute Gasteiger partial charge is 0.153 e. The molecule has 1 unspecified atom stereocenters. The van der Waals surface area contributed by atoms with Crippen LogP contribution in [-0.2, 0) is 11.3 Å². The Hall–Kier alpha value is -2.08. The van der Waals surface area contributed by atoms with Gasteiger partial charge in [0.15, 0.2) is 6.29 Å². The van der Waals surface area contributed by atoms with Gasteiger partial charge in [0.05, 0.1) is 18.4 Å². The van der Waals surface area contributed by atoms with Crippen molar-refractivity contribution in [1.82, 2.24) is 15.0 Å². The topological polar surface area (TPSA) is 68.0 Å². The summed E-state index contributed by atoms with van der Waals surface area (Å²) < 4.78 is 14.2. The highest BCUT2D eigenvalue weighted by Gasteiger charge is 2.22. The highest BCUT2D eigenvalue weighted by molar-refractivity contribution is 5.62. The minimum Gasteiger partial charge on any atom is -0.381 e. The molecule has 0 amide bonds. The van der Waals surface area contributed by atoms with E-state index in [4.69, 9.17) is 0 Å². The van der Waals surface area contributed by atoms with Crippen LogP contribution in [0.4, 0.5) is 4.39 Å². The first-order valence-electron chi connectivity index (χ1n) is 5.35. The van der Waals surface area contributed by atoms with Crippen molar-refractivity contribution in [1.29, 1.82) is 0 Å².